The Morgan fingerprint density at radius 1 is 1.08 bits per heavy atom. The van der Waals surface area contributed by atoms with Gasteiger partial charge in [0, 0.05) is 22.2 Å². The maximum absolute atomic E-state index is 13.6. The molecule has 2 aromatic carbocycles. The second-order valence-electron chi connectivity index (χ2n) is 7.21. The lowest BCUT2D eigenvalue weighted by atomic mass is 10.1. The van der Waals surface area contributed by atoms with Crippen LogP contribution in [0.2, 0.25) is 5.02 Å². The molecule has 3 N–H and O–H groups in total. The van der Waals surface area contributed by atoms with Crippen LogP contribution in [-0.4, -0.2) is 61.9 Å². The van der Waals surface area contributed by atoms with Crippen molar-refractivity contribution in [3.63, 3.8) is 0 Å². The van der Waals surface area contributed by atoms with Crippen LogP contribution in [0, 0.1) is 5.82 Å². The molecule has 2 heterocycles. The highest BCUT2D eigenvalue weighted by atomic mass is 79.9. The summed E-state index contributed by atoms with van der Waals surface area (Å²) in [5.74, 6) is -3.64. The minimum Gasteiger partial charge on any atom is -0.478 e. The maximum atomic E-state index is 13.6. The minimum atomic E-state index is -1.26. The summed E-state index contributed by atoms with van der Waals surface area (Å²) < 4.78 is 16.0. The van der Waals surface area contributed by atoms with Crippen molar-refractivity contribution in [3.8, 4) is 16.9 Å². The molecule has 10 nitrogen and oxygen atoms in total. The summed E-state index contributed by atoms with van der Waals surface area (Å²) in [6, 6.07) is 13.3. The molecule has 0 saturated carbocycles. The van der Waals surface area contributed by atoms with Crippen LogP contribution in [0.5, 0.6) is 0 Å². The number of hydrogen-bond donors (Lipinski definition) is 3. The molecule has 36 heavy (non-hydrogen) atoms. The Hall–Kier alpha value is -4.03. The van der Waals surface area contributed by atoms with Crippen LogP contribution in [0.4, 0.5) is 4.39 Å². The molecule has 1 aliphatic rings. The topological polar surface area (TPSA) is 142 Å². The first-order chi connectivity index (χ1) is 17.0. The number of rotatable bonds is 5. The Kier molecular flexibility index (Phi) is 8.56. The molecule has 0 bridgehead atoms. The third kappa shape index (κ3) is 6.77. The van der Waals surface area contributed by atoms with Gasteiger partial charge in [-0.3, -0.25) is 9.59 Å². The standard InChI is InChI=1S/C19H13BrClFN4O2.C4H4O4/c20-12-2-1-3-13(7-12)26-17(11-4-5-15(22)14(21)6-11)8-16(24-26)19(28)25-9-18(27)23-10-25;5-3(6)1-2-4(7)8/h1-8H,9-10H2,(H,23,27);1-2H,(H,5,6)(H,7,8)/b;2-1+. The second-order valence-corrected chi connectivity index (χ2v) is 8.53. The molecule has 0 aliphatic carbocycles. The first-order valence-electron chi connectivity index (χ1n) is 10.1. The van der Waals surface area contributed by atoms with E-state index in [4.69, 9.17) is 21.8 Å². The van der Waals surface area contributed by atoms with Gasteiger partial charge in [-0.1, -0.05) is 33.6 Å². The number of nitrogens with zero attached hydrogens (tertiary/aromatic N) is 3. The van der Waals surface area contributed by atoms with Gasteiger partial charge in [0.25, 0.3) is 5.91 Å². The molecule has 4 rings (SSSR count). The molecule has 3 aromatic rings. The van der Waals surface area contributed by atoms with Crippen LogP contribution in [0.3, 0.4) is 0 Å². The quantitative estimate of drug-likeness (QED) is 0.394. The van der Waals surface area contributed by atoms with Gasteiger partial charge in [0.05, 0.1) is 23.1 Å². The van der Waals surface area contributed by atoms with Crippen LogP contribution in [0.15, 0.2) is 65.2 Å². The van der Waals surface area contributed by atoms with Crippen molar-refractivity contribution in [1.82, 2.24) is 20.0 Å². The molecule has 0 spiro atoms. The molecule has 0 unspecified atom stereocenters. The average Bonchev–Trinajstić information content (AvgIpc) is 3.46. The monoisotopic (exact) mass is 578 g/mol. The molecule has 1 aromatic heterocycles. The largest absolute Gasteiger partial charge is 0.478 e. The van der Waals surface area contributed by atoms with Gasteiger partial charge < -0.3 is 20.4 Å². The number of nitrogens with one attached hydrogen (secondary N) is 1. The van der Waals surface area contributed by atoms with E-state index in [1.54, 1.807) is 16.8 Å². The SMILES string of the molecule is O=C(O)/C=C/C(=O)O.O=C1CN(C(=O)c2cc(-c3ccc(F)c(Cl)c3)n(-c3cccc(Br)c3)n2)CN1. The zero-order valence-electron chi connectivity index (χ0n) is 18.2. The van der Waals surface area contributed by atoms with Crippen molar-refractivity contribution in [3.05, 3.63) is 81.7 Å². The molecule has 1 saturated heterocycles. The molecule has 2 amide bonds. The number of carboxylic acids is 2. The molecule has 13 heteroatoms. The average molecular weight is 580 g/mol. The van der Waals surface area contributed by atoms with E-state index in [2.05, 4.69) is 26.3 Å². The Balaban J connectivity index is 0.000000392. The van der Waals surface area contributed by atoms with Crippen LogP contribution in [0.25, 0.3) is 16.9 Å². The van der Waals surface area contributed by atoms with E-state index in [0.29, 0.717) is 29.1 Å². The van der Waals surface area contributed by atoms with Gasteiger partial charge in [0.2, 0.25) is 5.91 Å². The third-order valence-corrected chi connectivity index (χ3v) is 5.44. The summed E-state index contributed by atoms with van der Waals surface area (Å²) >= 11 is 9.37. The summed E-state index contributed by atoms with van der Waals surface area (Å²) in [4.78, 5) is 44.7. The number of aliphatic carboxylic acids is 2. The van der Waals surface area contributed by atoms with E-state index in [1.807, 2.05) is 24.3 Å². The fourth-order valence-electron chi connectivity index (χ4n) is 3.07. The smallest absolute Gasteiger partial charge is 0.328 e. The van der Waals surface area contributed by atoms with Crippen molar-refractivity contribution in [1.29, 1.82) is 0 Å². The van der Waals surface area contributed by atoms with E-state index in [9.17, 15) is 23.6 Å². The number of benzene rings is 2. The summed E-state index contributed by atoms with van der Waals surface area (Å²) in [5.41, 5.74) is 2.06. The number of carboxylic acid groups (broad SMARTS) is 2. The summed E-state index contributed by atoms with van der Waals surface area (Å²) in [6.07, 6.45) is 1.12. The van der Waals surface area contributed by atoms with Crippen LogP contribution in [-0.2, 0) is 14.4 Å². The van der Waals surface area contributed by atoms with Gasteiger partial charge in [0.15, 0.2) is 5.69 Å². The number of aromatic nitrogens is 2. The van der Waals surface area contributed by atoms with Crippen molar-refractivity contribution in [2.24, 2.45) is 0 Å². The Labute approximate surface area is 216 Å². The highest BCUT2D eigenvalue weighted by Crippen LogP contribution is 2.29. The van der Waals surface area contributed by atoms with E-state index in [0.717, 1.165) is 4.47 Å². The highest BCUT2D eigenvalue weighted by molar-refractivity contribution is 9.10. The predicted octanol–water partition coefficient (Wildman–Crippen LogP) is 3.34. The number of halogens is 3. The third-order valence-electron chi connectivity index (χ3n) is 4.65. The van der Waals surface area contributed by atoms with Crippen LogP contribution < -0.4 is 5.32 Å². The minimum absolute atomic E-state index is 0.0136. The molecule has 1 fully saturated rings. The Bertz CT molecular complexity index is 1360. The Morgan fingerprint density at radius 3 is 2.33 bits per heavy atom. The first-order valence-corrected chi connectivity index (χ1v) is 11.2. The highest BCUT2D eigenvalue weighted by Gasteiger charge is 2.27. The van der Waals surface area contributed by atoms with Gasteiger partial charge in [-0.15, -0.1) is 0 Å². The van der Waals surface area contributed by atoms with E-state index < -0.39 is 17.8 Å². The fraction of sp³-hybridized carbons (Fsp3) is 0.0870. The van der Waals surface area contributed by atoms with Gasteiger partial charge in [-0.25, -0.2) is 18.7 Å². The van der Waals surface area contributed by atoms with E-state index in [1.165, 1.54) is 17.0 Å². The normalized spacial score (nSPS) is 12.8. The molecule has 186 valence electrons. The van der Waals surface area contributed by atoms with Crippen LogP contribution in [0.1, 0.15) is 10.5 Å². The zero-order chi connectivity index (χ0) is 26.4. The number of carbonyl (C=O) groups excluding carboxylic acids is 2. The molecule has 0 atom stereocenters. The molecule has 1 aliphatic heterocycles. The predicted molar refractivity (Wildman–Crippen MR) is 130 cm³/mol. The van der Waals surface area contributed by atoms with E-state index >= 15 is 0 Å². The Morgan fingerprint density at radius 2 is 1.78 bits per heavy atom. The summed E-state index contributed by atoms with van der Waals surface area (Å²) in [7, 11) is 0. The fourth-order valence-corrected chi connectivity index (χ4v) is 3.64. The first kappa shape index (κ1) is 26.6. The summed E-state index contributed by atoms with van der Waals surface area (Å²) in [5, 5.41) is 22.6. The van der Waals surface area contributed by atoms with Crippen LogP contribution >= 0.6 is 27.5 Å². The van der Waals surface area contributed by atoms with Gasteiger partial charge in [-0.05, 0) is 42.5 Å². The number of carbonyl (C=O) groups is 4. The number of hydrogen-bond acceptors (Lipinski definition) is 5. The van der Waals surface area contributed by atoms with Gasteiger partial charge in [0.1, 0.15) is 12.4 Å². The van der Waals surface area contributed by atoms with Crippen molar-refractivity contribution < 1.29 is 33.8 Å². The van der Waals surface area contributed by atoms with Crippen molar-refractivity contribution >= 4 is 51.3 Å². The van der Waals surface area contributed by atoms with Crippen molar-refractivity contribution in [2.45, 2.75) is 0 Å². The number of amides is 2. The molecular formula is C23H17BrClFN4O6. The second kappa shape index (κ2) is 11.6. The lowest BCUT2D eigenvalue weighted by Gasteiger charge is -2.10. The molecular weight excluding hydrogens is 563 g/mol. The maximum Gasteiger partial charge on any atom is 0.328 e. The summed E-state index contributed by atoms with van der Waals surface area (Å²) in [6.45, 7) is 0.124. The molecule has 0 radical (unpaired) electrons. The lowest BCUT2D eigenvalue weighted by Crippen LogP contribution is -2.30. The zero-order valence-corrected chi connectivity index (χ0v) is 20.5. The van der Waals surface area contributed by atoms with E-state index in [-0.39, 0.29) is 35.7 Å². The lowest BCUT2D eigenvalue weighted by molar-refractivity contribution is -0.134. The van der Waals surface area contributed by atoms with Gasteiger partial charge >= 0.3 is 11.9 Å². The van der Waals surface area contributed by atoms with Gasteiger partial charge in [-0.2, -0.15) is 5.10 Å². The van der Waals surface area contributed by atoms with Crippen molar-refractivity contribution in [2.75, 3.05) is 13.2 Å².